The normalized spacial score (nSPS) is 25.8. The van der Waals surface area contributed by atoms with Gasteiger partial charge in [0.25, 0.3) is 0 Å². The molecule has 2 atom stereocenters. The predicted molar refractivity (Wildman–Crippen MR) is 66.5 cm³/mol. The molecule has 1 aliphatic heterocycles. The molecule has 0 unspecified atom stereocenters. The Morgan fingerprint density at radius 3 is 2.40 bits per heavy atom. The molecule has 0 N–H and O–H groups in total. The number of benzene rings is 1. The van der Waals surface area contributed by atoms with Crippen LogP contribution in [0.2, 0.25) is 19.6 Å². The SMILES string of the molecule is C[Si](C)(C)/C=C/[C@H]1O[C@@H]1c1ccccc1. The van der Waals surface area contributed by atoms with Crippen LogP contribution in [-0.2, 0) is 4.74 Å². The lowest BCUT2D eigenvalue weighted by atomic mass is 10.1. The molecule has 0 saturated carbocycles. The molecule has 2 rings (SSSR count). The summed E-state index contributed by atoms with van der Waals surface area (Å²) in [6, 6.07) is 10.4. The van der Waals surface area contributed by atoms with E-state index in [0.717, 1.165) is 0 Å². The lowest BCUT2D eigenvalue weighted by molar-refractivity contribution is 0.394. The summed E-state index contributed by atoms with van der Waals surface area (Å²) in [4.78, 5) is 0. The Morgan fingerprint density at radius 1 is 1.13 bits per heavy atom. The van der Waals surface area contributed by atoms with E-state index in [1.54, 1.807) is 0 Å². The summed E-state index contributed by atoms with van der Waals surface area (Å²) in [5, 5.41) is 0. The van der Waals surface area contributed by atoms with E-state index in [-0.39, 0.29) is 0 Å². The second-order valence-electron chi connectivity index (χ2n) is 5.16. The molecular formula is C13H18OSi. The molecule has 0 radical (unpaired) electrons. The molecule has 1 aromatic carbocycles. The number of epoxide rings is 1. The van der Waals surface area contributed by atoms with Crippen LogP contribution in [0.25, 0.3) is 0 Å². The Hall–Kier alpha value is -0.863. The van der Waals surface area contributed by atoms with Gasteiger partial charge in [0.1, 0.15) is 12.2 Å². The minimum Gasteiger partial charge on any atom is -0.360 e. The molecule has 15 heavy (non-hydrogen) atoms. The zero-order chi connectivity index (χ0) is 10.9. The second kappa shape index (κ2) is 3.95. The predicted octanol–water partition coefficient (Wildman–Crippen LogP) is 3.56. The van der Waals surface area contributed by atoms with Gasteiger partial charge in [-0.3, -0.25) is 0 Å². The first-order chi connectivity index (χ1) is 7.06. The van der Waals surface area contributed by atoms with Gasteiger partial charge in [-0.25, -0.2) is 0 Å². The van der Waals surface area contributed by atoms with Crippen LogP contribution in [-0.4, -0.2) is 14.2 Å². The maximum Gasteiger partial charge on any atom is 0.113 e. The molecule has 1 heterocycles. The number of rotatable bonds is 3. The molecule has 1 aliphatic rings. The maximum absolute atomic E-state index is 5.63. The quantitative estimate of drug-likeness (QED) is 0.558. The van der Waals surface area contributed by atoms with Crippen molar-refractivity contribution >= 4 is 8.07 Å². The molecule has 1 aromatic rings. The van der Waals surface area contributed by atoms with Gasteiger partial charge in [0.15, 0.2) is 0 Å². The van der Waals surface area contributed by atoms with Crippen molar-refractivity contribution in [3.05, 3.63) is 47.7 Å². The van der Waals surface area contributed by atoms with Gasteiger partial charge < -0.3 is 4.74 Å². The second-order valence-corrected chi connectivity index (χ2v) is 10.2. The zero-order valence-corrected chi connectivity index (χ0v) is 10.6. The van der Waals surface area contributed by atoms with Crippen molar-refractivity contribution in [2.75, 3.05) is 0 Å². The first-order valence-electron chi connectivity index (χ1n) is 5.46. The molecular weight excluding hydrogens is 200 g/mol. The van der Waals surface area contributed by atoms with Gasteiger partial charge in [0.2, 0.25) is 0 Å². The number of hydrogen-bond acceptors (Lipinski definition) is 1. The third-order valence-electron chi connectivity index (χ3n) is 2.44. The zero-order valence-electron chi connectivity index (χ0n) is 9.60. The summed E-state index contributed by atoms with van der Waals surface area (Å²) in [6.07, 6.45) is 2.86. The Bertz CT molecular complexity index is 351. The van der Waals surface area contributed by atoms with Crippen LogP contribution >= 0.6 is 0 Å². The number of hydrogen-bond donors (Lipinski definition) is 0. The summed E-state index contributed by atoms with van der Waals surface area (Å²) < 4.78 is 5.63. The van der Waals surface area contributed by atoms with Crippen LogP contribution in [0.5, 0.6) is 0 Å². The van der Waals surface area contributed by atoms with Crippen LogP contribution < -0.4 is 0 Å². The number of ether oxygens (including phenoxy) is 1. The highest BCUT2D eigenvalue weighted by Crippen LogP contribution is 2.39. The summed E-state index contributed by atoms with van der Waals surface area (Å²) in [6.45, 7) is 7.01. The van der Waals surface area contributed by atoms with Gasteiger partial charge >= 0.3 is 0 Å². The first-order valence-corrected chi connectivity index (χ1v) is 9.04. The Labute approximate surface area is 92.8 Å². The lowest BCUT2D eigenvalue weighted by Gasteiger charge is -2.06. The molecule has 0 aromatic heterocycles. The molecule has 2 heteroatoms. The Morgan fingerprint density at radius 2 is 1.80 bits per heavy atom. The molecule has 1 saturated heterocycles. The monoisotopic (exact) mass is 218 g/mol. The highest BCUT2D eigenvalue weighted by atomic mass is 28.3. The van der Waals surface area contributed by atoms with Crippen LogP contribution in [0.1, 0.15) is 11.7 Å². The largest absolute Gasteiger partial charge is 0.360 e. The fraction of sp³-hybridized carbons (Fsp3) is 0.385. The van der Waals surface area contributed by atoms with Gasteiger partial charge in [0.05, 0.1) is 8.07 Å². The minimum atomic E-state index is -1.07. The standard InChI is InChI=1S/C13H18OSi/c1-15(2,3)10-9-12-13(14-12)11-7-5-4-6-8-11/h4-10,12-13H,1-3H3/b10-9+/t12-,13-/m1/s1. The van der Waals surface area contributed by atoms with Gasteiger partial charge in [0, 0.05) is 0 Å². The molecule has 0 aliphatic carbocycles. The topological polar surface area (TPSA) is 12.5 Å². The van der Waals surface area contributed by atoms with Gasteiger partial charge in [-0.1, -0.05) is 61.7 Å². The van der Waals surface area contributed by atoms with Crippen molar-refractivity contribution in [2.24, 2.45) is 0 Å². The lowest BCUT2D eigenvalue weighted by Crippen LogP contribution is -2.15. The van der Waals surface area contributed by atoms with Crippen molar-refractivity contribution < 1.29 is 4.74 Å². The van der Waals surface area contributed by atoms with E-state index in [4.69, 9.17) is 4.74 Å². The summed E-state index contributed by atoms with van der Waals surface area (Å²) in [5.74, 6) is 0. The molecule has 0 amide bonds. The van der Waals surface area contributed by atoms with E-state index < -0.39 is 8.07 Å². The molecule has 0 bridgehead atoms. The maximum atomic E-state index is 5.63. The van der Waals surface area contributed by atoms with E-state index in [1.807, 2.05) is 6.07 Å². The van der Waals surface area contributed by atoms with Gasteiger partial charge in [-0.2, -0.15) is 0 Å². The van der Waals surface area contributed by atoms with Gasteiger partial charge in [-0.15, -0.1) is 0 Å². The minimum absolute atomic E-state index is 0.304. The van der Waals surface area contributed by atoms with E-state index in [9.17, 15) is 0 Å². The Kier molecular flexibility index (Phi) is 2.80. The van der Waals surface area contributed by atoms with Crippen LogP contribution in [0.4, 0.5) is 0 Å². The van der Waals surface area contributed by atoms with E-state index in [1.165, 1.54) is 5.56 Å². The fourth-order valence-corrected chi connectivity index (χ4v) is 2.33. The van der Waals surface area contributed by atoms with Crippen molar-refractivity contribution in [1.82, 2.24) is 0 Å². The molecule has 1 fully saturated rings. The third-order valence-corrected chi connectivity index (χ3v) is 3.63. The fourth-order valence-electron chi connectivity index (χ4n) is 1.56. The van der Waals surface area contributed by atoms with Crippen LogP contribution in [0, 0.1) is 0 Å². The summed E-state index contributed by atoms with van der Waals surface area (Å²) >= 11 is 0. The van der Waals surface area contributed by atoms with Crippen molar-refractivity contribution in [2.45, 2.75) is 31.8 Å². The van der Waals surface area contributed by atoms with Gasteiger partial charge in [-0.05, 0) is 5.56 Å². The molecule has 0 spiro atoms. The smallest absolute Gasteiger partial charge is 0.113 e. The van der Waals surface area contributed by atoms with E-state index >= 15 is 0 Å². The highest BCUT2D eigenvalue weighted by Gasteiger charge is 2.37. The average Bonchev–Trinajstić information content (AvgIpc) is 2.94. The first kappa shape index (κ1) is 10.6. The van der Waals surface area contributed by atoms with Crippen molar-refractivity contribution in [3.63, 3.8) is 0 Å². The van der Waals surface area contributed by atoms with E-state index in [2.05, 4.69) is 55.7 Å². The van der Waals surface area contributed by atoms with Crippen LogP contribution in [0.3, 0.4) is 0 Å². The van der Waals surface area contributed by atoms with E-state index in [0.29, 0.717) is 12.2 Å². The highest BCUT2D eigenvalue weighted by molar-refractivity contribution is 6.80. The average molecular weight is 218 g/mol. The molecule has 80 valence electrons. The summed E-state index contributed by atoms with van der Waals surface area (Å²) in [7, 11) is -1.07. The van der Waals surface area contributed by atoms with Crippen LogP contribution in [0.15, 0.2) is 42.1 Å². The summed E-state index contributed by atoms with van der Waals surface area (Å²) in [5.41, 5.74) is 3.66. The molecule has 1 nitrogen and oxygen atoms in total. The van der Waals surface area contributed by atoms with Crippen molar-refractivity contribution in [3.8, 4) is 0 Å². The Balaban J connectivity index is 1.95. The van der Waals surface area contributed by atoms with Crippen molar-refractivity contribution in [1.29, 1.82) is 0 Å². The third kappa shape index (κ3) is 3.04.